The topological polar surface area (TPSA) is 89.8 Å². The van der Waals surface area contributed by atoms with Gasteiger partial charge in [-0.05, 0) is 41.0 Å². The third-order valence-corrected chi connectivity index (χ3v) is 4.93. The average Bonchev–Trinajstić information content (AvgIpc) is 2.93. The number of aryl methyl sites for hydroxylation is 1. The van der Waals surface area contributed by atoms with E-state index in [4.69, 9.17) is 11.6 Å². The van der Waals surface area contributed by atoms with Crippen LogP contribution in [0.2, 0.25) is 0 Å². The van der Waals surface area contributed by atoms with Crippen LogP contribution in [0.3, 0.4) is 0 Å². The Morgan fingerprint density at radius 2 is 2.19 bits per heavy atom. The lowest BCUT2D eigenvalue weighted by molar-refractivity contribution is 0.588. The summed E-state index contributed by atoms with van der Waals surface area (Å²) in [6.07, 6.45) is 1.45. The van der Waals surface area contributed by atoms with E-state index in [0.717, 1.165) is 5.56 Å². The molecule has 2 aromatic rings. The normalized spacial score (nSPS) is 13.1. The van der Waals surface area contributed by atoms with Crippen LogP contribution in [0.1, 0.15) is 12.5 Å². The first-order valence-electron chi connectivity index (χ1n) is 6.32. The van der Waals surface area contributed by atoms with Crippen molar-refractivity contribution in [1.29, 1.82) is 0 Å². The molecule has 9 heteroatoms. The van der Waals surface area contributed by atoms with Gasteiger partial charge < -0.3 is 0 Å². The summed E-state index contributed by atoms with van der Waals surface area (Å²) in [6, 6.07) is 5.19. The van der Waals surface area contributed by atoms with Gasteiger partial charge in [-0.3, -0.25) is 4.72 Å². The van der Waals surface area contributed by atoms with E-state index < -0.39 is 10.0 Å². The number of rotatable bonds is 6. The van der Waals surface area contributed by atoms with Crippen molar-refractivity contribution in [3.8, 4) is 5.69 Å². The van der Waals surface area contributed by atoms with Gasteiger partial charge in [0.15, 0.2) is 0 Å². The highest BCUT2D eigenvalue weighted by Gasteiger charge is 2.16. The smallest absolute Gasteiger partial charge is 0.233 e. The summed E-state index contributed by atoms with van der Waals surface area (Å²) >= 11 is 5.66. The van der Waals surface area contributed by atoms with E-state index in [2.05, 4.69) is 20.2 Å². The van der Waals surface area contributed by atoms with Crippen molar-refractivity contribution in [2.75, 3.05) is 16.4 Å². The molecule has 0 aliphatic rings. The molecule has 0 saturated carbocycles. The quantitative estimate of drug-likeness (QED) is 0.813. The molecular formula is C12H16ClN5O2S. The fourth-order valence-electron chi connectivity index (χ4n) is 1.83. The predicted octanol–water partition coefficient (Wildman–Crippen LogP) is 1.59. The third kappa shape index (κ3) is 4.15. The number of anilines is 1. The SMILES string of the molecule is Cc1ccc(NS(=O)(=O)CC(C)CCl)cc1-n1cnnn1. The molecule has 1 heterocycles. The molecule has 2 rings (SSSR count). The lowest BCUT2D eigenvalue weighted by Crippen LogP contribution is -2.22. The van der Waals surface area contributed by atoms with Gasteiger partial charge in [0.05, 0.1) is 17.1 Å². The fourth-order valence-corrected chi connectivity index (χ4v) is 3.51. The van der Waals surface area contributed by atoms with Crippen molar-refractivity contribution in [2.24, 2.45) is 5.92 Å². The Balaban J connectivity index is 2.24. The minimum atomic E-state index is -3.44. The summed E-state index contributed by atoms with van der Waals surface area (Å²) in [5.41, 5.74) is 2.11. The molecule has 114 valence electrons. The molecule has 0 aliphatic heterocycles. The Morgan fingerprint density at radius 3 is 2.81 bits per heavy atom. The summed E-state index contributed by atoms with van der Waals surface area (Å²) in [5.74, 6) is 0.156. The molecule has 1 atom stereocenters. The first kappa shape index (κ1) is 15.7. The molecule has 0 aliphatic carbocycles. The number of halogens is 1. The molecule has 0 bridgehead atoms. The lowest BCUT2D eigenvalue weighted by Gasteiger charge is -2.13. The number of hydrogen-bond donors (Lipinski definition) is 1. The van der Waals surface area contributed by atoms with Crippen LogP contribution >= 0.6 is 11.6 Å². The van der Waals surface area contributed by atoms with Gasteiger partial charge in [-0.15, -0.1) is 16.7 Å². The number of tetrazole rings is 1. The Kier molecular flexibility index (Phi) is 4.79. The van der Waals surface area contributed by atoms with Crippen LogP contribution in [-0.2, 0) is 10.0 Å². The molecule has 0 fully saturated rings. The molecule has 1 unspecified atom stereocenters. The van der Waals surface area contributed by atoms with E-state index in [-0.39, 0.29) is 11.7 Å². The van der Waals surface area contributed by atoms with Gasteiger partial charge >= 0.3 is 0 Å². The van der Waals surface area contributed by atoms with E-state index in [1.54, 1.807) is 25.1 Å². The molecule has 1 N–H and O–H groups in total. The van der Waals surface area contributed by atoms with E-state index in [9.17, 15) is 8.42 Å². The number of sulfonamides is 1. The van der Waals surface area contributed by atoms with Crippen LogP contribution in [0.25, 0.3) is 5.69 Å². The Morgan fingerprint density at radius 1 is 1.43 bits per heavy atom. The van der Waals surface area contributed by atoms with Crippen LogP contribution in [0.5, 0.6) is 0 Å². The predicted molar refractivity (Wildman–Crippen MR) is 81.2 cm³/mol. The summed E-state index contributed by atoms with van der Waals surface area (Å²) in [7, 11) is -3.44. The van der Waals surface area contributed by atoms with Gasteiger partial charge in [-0.2, -0.15) is 0 Å². The highest BCUT2D eigenvalue weighted by Crippen LogP contribution is 2.19. The molecule has 0 spiro atoms. The van der Waals surface area contributed by atoms with E-state index >= 15 is 0 Å². The Hall–Kier alpha value is -1.67. The van der Waals surface area contributed by atoms with E-state index in [1.807, 2.05) is 6.92 Å². The largest absolute Gasteiger partial charge is 0.283 e. The second-order valence-electron chi connectivity index (χ2n) is 4.90. The number of aromatic nitrogens is 4. The van der Waals surface area contributed by atoms with Crippen molar-refractivity contribution >= 4 is 27.3 Å². The summed E-state index contributed by atoms with van der Waals surface area (Å²) in [5, 5.41) is 11.0. The van der Waals surface area contributed by atoms with E-state index in [0.29, 0.717) is 17.3 Å². The minimum absolute atomic E-state index is 0.0232. The first-order valence-corrected chi connectivity index (χ1v) is 8.50. The zero-order valence-electron chi connectivity index (χ0n) is 11.7. The summed E-state index contributed by atoms with van der Waals surface area (Å²) < 4.78 is 28.1. The van der Waals surface area contributed by atoms with Gasteiger partial charge in [0, 0.05) is 5.88 Å². The molecule has 0 amide bonds. The standard InChI is InChI=1S/C12H16ClN5O2S/c1-9(6-13)7-21(19,20)15-11-4-3-10(2)12(5-11)18-8-14-16-17-18/h3-5,8-9,15H,6-7H2,1-2H3. The summed E-state index contributed by atoms with van der Waals surface area (Å²) in [6.45, 7) is 3.68. The molecule has 1 aromatic carbocycles. The highest BCUT2D eigenvalue weighted by molar-refractivity contribution is 7.92. The van der Waals surface area contributed by atoms with E-state index in [1.165, 1.54) is 11.0 Å². The molecular weight excluding hydrogens is 314 g/mol. The monoisotopic (exact) mass is 329 g/mol. The zero-order valence-corrected chi connectivity index (χ0v) is 13.3. The molecule has 1 aromatic heterocycles. The van der Waals surface area contributed by atoms with Crippen molar-refractivity contribution < 1.29 is 8.42 Å². The Labute approximate surface area is 128 Å². The number of alkyl halides is 1. The molecule has 0 saturated heterocycles. The van der Waals surface area contributed by atoms with Crippen LogP contribution in [0, 0.1) is 12.8 Å². The maximum absolute atomic E-state index is 12.0. The average molecular weight is 330 g/mol. The van der Waals surface area contributed by atoms with Gasteiger partial charge in [-0.1, -0.05) is 13.0 Å². The molecule has 21 heavy (non-hydrogen) atoms. The van der Waals surface area contributed by atoms with Gasteiger partial charge in [0.1, 0.15) is 6.33 Å². The lowest BCUT2D eigenvalue weighted by atomic mass is 10.2. The zero-order chi connectivity index (χ0) is 15.5. The van der Waals surface area contributed by atoms with Crippen molar-refractivity contribution in [1.82, 2.24) is 20.2 Å². The maximum Gasteiger partial charge on any atom is 0.233 e. The highest BCUT2D eigenvalue weighted by atomic mass is 35.5. The number of nitrogens with one attached hydrogen (secondary N) is 1. The van der Waals surface area contributed by atoms with Crippen molar-refractivity contribution in [2.45, 2.75) is 13.8 Å². The second-order valence-corrected chi connectivity index (χ2v) is 6.97. The Bertz CT molecular complexity index is 702. The fraction of sp³-hybridized carbons (Fsp3) is 0.417. The maximum atomic E-state index is 12.0. The third-order valence-electron chi connectivity index (χ3n) is 2.85. The minimum Gasteiger partial charge on any atom is -0.283 e. The van der Waals surface area contributed by atoms with Crippen molar-refractivity contribution in [3.63, 3.8) is 0 Å². The second kappa shape index (κ2) is 6.40. The number of hydrogen-bond acceptors (Lipinski definition) is 5. The molecule has 0 radical (unpaired) electrons. The van der Waals surface area contributed by atoms with Crippen LogP contribution in [0.4, 0.5) is 5.69 Å². The molecule has 7 nitrogen and oxygen atoms in total. The van der Waals surface area contributed by atoms with Gasteiger partial charge in [0.2, 0.25) is 10.0 Å². The van der Waals surface area contributed by atoms with Crippen molar-refractivity contribution in [3.05, 3.63) is 30.1 Å². The van der Waals surface area contributed by atoms with Gasteiger partial charge in [0.25, 0.3) is 0 Å². The van der Waals surface area contributed by atoms with Crippen LogP contribution < -0.4 is 4.72 Å². The first-order chi connectivity index (χ1) is 9.91. The van der Waals surface area contributed by atoms with Gasteiger partial charge in [-0.25, -0.2) is 13.1 Å². The van der Waals surface area contributed by atoms with Crippen LogP contribution in [-0.4, -0.2) is 40.3 Å². The number of benzene rings is 1. The van der Waals surface area contributed by atoms with Crippen LogP contribution in [0.15, 0.2) is 24.5 Å². The number of nitrogens with zero attached hydrogens (tertiary/aromatic N) is 4. The summed E-state index contributed by atoms with van der Waals surface area (Å²) in [4.78, 5) is 0.